The van der Waals surface area contributed by atoms with Crippen molar-refractivity contribution < 1.29 is 9.18 Å². The Morgan fingerprint density at radius 1 is 1.57 bits per heavy atom. The largest absolute Gasteiger partial charge is 0.314 e. The zero-order valence-electron chi connectivity index (χ0n) is 7.37. The SMILES string of the molecule is NSc1cc2c(cc1F)CCN2C=O. The molecule has 0 spiro atoms. The van der Waals surface area contributed by atoms with Gasteiger partial charge >= 0.3 is 0 Å². The number of hydrogen-bond donors (Lipinski definition) is 1. The van der Waals surface area contributed by atoms with Gasteiger partial charge in [0.05, 0.1) is 4.90 Å². The monoisotopic (exact) mass is 212 g/mol. The molecule has 0 aliphatic carbocycles. The molecule has 1 heterocycles. The van der Waals surface area contributed by atoms with Crippen LogP contribution in [0.15, 0.2) is 17.0 Å². The Balaban J connectivity index is 2.50. The van der Waals surface area contributed by atoms with Crippen LogP contribution in [0.1, 0.15) is 5.56 Å². The number of hydrogen-bond acceptors (Lipinski definition) is 3. The molecule has 0 unspecified atom stereocenters. The molecule has 0 bridgehead atoms. The average molecular weight is 212 g/mol. The Morgan fingerprint density at radius 2 is 2.36 bits per heavy atom. The molecule has 1 aliphatic rings. The summed E-state index contributed by atoms with van der Waals surface area (Å²) < 4.78 is 13.3. The molecule has 74 valence electrons. The lowest BCUT2D eigenvalue weighted by Gasteiger charge is -2.10. The summed E-state index contributed by atoms with van der Waals surface area (Å²) in [6, 6.07) is 3.07. The Hall–Kier alpha value is -1.07. The quantitative estimate of drug-likeness (QED) is 0.594. The number of anilines is 1. The molecule has 0 saturated carbocycles. The Kier molecular flexibility index (Phi) is 2.43. The molecule has 1 amide bonds. The molecule has 0 aromatic heterocycles. The molecule has 5 heteroatoms. The second-order valence-electron chi connectivity index (χ2n) is 3.08. The molecule has 1 aliphatic heterocycles. The normalized spacial score (nSPS) is 14.3. The average Bonchev–Trinajstić information content (AvgIpc) is 2.58. The predicted octanol–water partition coefficient (Wildman–Crippen LogP) is 1.31. The van der Waals surface area contributed by atoms with Crippen molar-refractivity contribution in [2.75, 3.05) is 11.4 Å². The fourth-order valence-corrected chi connectivity index (χ4v) is 1.96. The minimum Gasteiger partial charge on any atom is -0.314 e. The van der Waals surface area contributed by atoms with E-state index in [4.69, 9.17) is 5.14 Å². The van der Waals surface area contributed by atoms with Crippen LogP contribution in [0.5, 0.6) is 0 Å². The topological polar surface area (TPSA) is 46.3 Å². The fourth-order valence-electron chi connectivity index (χ4n) is 1.61. The van der Waals surface area contributed by atoms with Crippen molar-refractivity contribution in [2.24, 2.45) is 5.14 Å². The summed E-state index contributed by atoms with van der Waals surface area (Å²) in [6.07, 6.45) is 1.47. The van der Waals surface area contributed by atoms with E-state index >= 15 is 0 Å². The Labute approximate surface area is 85.2 Å². The molecule has 0 radical (unpaired) electrons. The summed E-state index contributed by atoms with van der Waals surface area (Å²) in [4.78, 5) is 12.6. The zero-order chi connectivity index (χ0) is 10.1. The summed E-state index contributed by atoms with van der Waals surface area (Å²) in [7, 11) is 0. The van der Waals surface area contributed by atoms with Crippen LogP contribution in [0.2, 0.25) is 0 Å². The van der Waals surface area contributed by atoms with Crippen LogP contribution in [0.3, 0.4) is 0 Å². The first-order valence-corrected chi connectivity index (χ1v) is 5.05. The third-order valence-corrected chi connectivity index (χ3v) is 2.89. The maximum atomic E-state index is 13.3. The molecule has 1 aromatic rings. The Morgan fingerprint density at radius 3 is 3.00 bits per heavy atom. The lowest BCUT2D eigenvalue weighted by molar-refractivity contribution is -0.107. The molecule has 0 fully saturated rings. The van der Waals surface area contributed by atoms with Crippen molar-refractivity contribution in [3.8, 4) is 0 Å². The van der Waals surface area contributed by atoms with Crippen LogP contribution >= 0.6 is 11.9 Å². The van der Waals surface area contributed by atoms with Gasteiger partial charge < -0.3 is 4.90 Å². The van der Waals surface area contributed by atoms with Crippen LogP contribution in [0.4, 0.5) is 10.1 Å². The van der Waals surface area contributed by atoms with Gasteiger partial charge in [-0.25, -0.2) is 4.39 Å². The van der Waals surface area contributed by atoms with Crippen LogP contribution < -0.4 is 10.0 Å². The van der Waals surface area contributed by atoms with Gasteiger partial charge in [-0.1, -0.05) is 0 Å². The number of fused-ring (bicyclic) bond motifs is 1. The first-order valence-electron chi connectivity index (χ1n) is 4.17. The summed E-state index contributed by atoms with van der Waals surface area (Å²) in [5, 5.41) is 5.30. The highest BCUT2D eigenvalue weighted by Gasteiger charge is 2.20. The van der Waals surface area contributed by atoms with E-state index < -0.39 is 0 Å². The van der Waals surface area contributed by atoms with E-state index in [-0.39, 0.29) is 5.82 Å². The second kappa shape index (κ2) is 3.59. The number of carbonyl (C=O) groups excluding carboxylic acids is 1. The lowest BCUT2D eigenvalue weighted by Crippen LogP contribution is -2.17. The number of nitrogens with two attached hydrogens (primary N) is 1. The van der Waals surface area contributed by atoms with Crippen LogP contribution in [-0.4, -0.2) is 13.0 Å². The van der Waals surface area contributed by atoms with E-state index in [1.54, 1.807) is 11.0 Å². The molecule has 0 saturated heterocycles. The predicted molar refractivity (Wildman–Crippen MR) is 53.6 cm³/mol. The van der Waals surface area contributed by atoms with Crippen LogP contribution in [0, 0.1) is 5.82 Å². The third kappa shape index (κ3) is 1.38. The van der Waals surface area contributed by atoms with Crippen LogP contribution in [-0.2, 0) is 11.2 Å². The smallest absolute Gasteiger partial charge is 0.214 e. The number of carbonyl (C=O) groups is 1. The van der Waals surface area contributed by atoms with Gasteiger partial charge in [-0.15, -0.1) is 0 Å². The minimum absolute atomic E-state index is 0.316. The van der Waals surface area contributed by atoms with E-state index in [0.717, 1.165) is 29.6 Å². The van der Waals surface area contributed by atoms with Crippen molar-refractivity contribution in [3.05, 3.63) is 23.5 Å². The van der Waals surface area contributed by atoms with Crippen molar-refractivity contribution in [1.82, 2.24) is 0 Å². The van der Waals surface area contributed by atoms with Gasteiger partial charge in [0, 0.05) is 12.2 Å². The Bertz CT molecular complexity index is 383. The maximum Gasteiger partial charge on any atom is 0.214 e. The summed E-state index contributed by atoms with van der Waals surface area (Å²) in [6.45, 7) is 0.622. The van der Waals surface area contributed by atoms with E-state index in [0.29, 0.717) is 17.9 Å². The first kappa shape index (κ1) is 9.48. The highest BCUT2D eigenvalue weighted by molar-refractivity contribution is 7.97. The highest BCUT2D eigenvalue weighted by Crippen LogP contribution is 2.32. The van der Waals surface area contributed by atoms with Gasteiger partial charge in [-0.05, 0) is 36.1 Å². The number of amides is 1. The minimum atomic E-state index is -0.316. The third-order valence-electron chi connectivity index (χ3n) is 2.32. The fraction of sp³-hybridized carbons (Fsp3) is 0.222. The number of rotatable bonds is 2. The summed E-state index contributed by atoms with van der Waals surface area (Å²) >= 11 is 0.856. The maximum absolute atomic E-state index is 13.3. The number of benzene rings is 1. The molecule has 1 aromatic carbocycles. The molecule has 2 N–H and O–H groups in total. The number of halogens is 1. The molecule has 14 heavy (non-hydrogen) atoms. The molecular formula is C9H9FN2OS. The van der Waals surface area contributed by atoms with Gasteiger partial charge in [-0.3, -0.25) is 9.93 Å². The standard InChI is InChI=1S/C9H9FN2OS/c10-7-3-6-1-2-12(5-13)8(6)4-9(7)14-11/h3-5H,1-2,11H2. The van der Waals surface area contributed by atoms with Gasteiger partial charge in [0.1, 0.15) is 5.82 Å². The second-order valence-corrected chi connectivity index (χ2v) is 3.75. The van der Waals surface area contributed by atoms with E-state index in [2.05, 4.69) is 0 Å². The molecular weight excluding hydrogens is 203 g/mol. The van der Waals surface area contributed by atoms with Gasteiger partial charge in [-0.2, -0.15) is 0 Å². The first-order chi connectivity index (χ1) is 6.76. The van der Waals surface area contributed by atoms with E-state index in [1.165, 1.54) is 6.07 Å². The van der Waals surface area contributed by atoms with Crippen molar-refractivity contribution in [3.63, 3.8) is 0 Å². The molecule has 2 rings (SSSR count). The molecule has 0 atom stereocenters. The van der Waals surface area contributed by atoms with Crippen molar-refractivity contribution in [1.29, 1.82) is 0 Å². The van der Waals surface area contributed by atoms with Gasteiger partial charge in [0.15, 0.2) is 0 Å². The van der Waals surface area contributed by atoms with E-state index in [1.807, 2.05) is 0 Å². The zero-order valence-corrected chi connectivity index (χ0v) is 8.18. The van der Waals surface area contributed by atoms with Gasteiger partial charge in [0.25, 0.3) is 0 Å². The van der Waals surface area contributed by atoms with Crippen LogP contribution in [0.25, 0.3) is 0 Å². The van der Waals surface area contributed by atoms with Gasteiger partial charge in [0.2, 0.25) is 6.41 Å². The van der Waals surface area contributed by atoms with E-state index in [9.17, 15) is 9.18 Å². The van der Waals surface area contributed by atoms with Crippen molar-refractivity contribution in [2.45, 2.75) is 11.3 Å². The summed E-state index contributed by atoms with van der Waals surface area (Å²) in [5.41, 5.74) is 1.64. The highest BCUT2D eigenvalue weighted by atomic mass is 32.2. The van der Waals surface area contributed by atoms with Crippen molar-refractivity contribution >= 4 is 24.0 Å². The molecule has 3 nitrogen and oxygen atoms in total. The lowest BCUT2D eigenvalue weighted by atomic mass is 10.1. The summed E-state index contributed by atoms with van der Waals surface area (Å²) in [5.74, 6) is -0.316. The number of nitrogens with zero attached hydrogens (tertiary/aromatic N) is 1.